The Morgan fingerprint density at radius 1 is 1.64 bits per heavy atom. The second-order valence-electron chi connectivity index (χ2n) is 2.89. The first-order valence-corrected chi connectivity index (χ1v) is 5.09. The van der Waals surface area contributed by atoms with Crippen molar-refractivity contribution in [1.82, 2.24) is 20.1 Å². The Morgan fingerprint density at radius 3 is 2.86 bits per heavy atom. The Morgan fingerprint density at radius 2 is 2.36 bits per heavy atom. The minimum atomic E-state index is 0.0982. The van der Waals surface area contributed by atoms with Gasteiger partial charge in [0.2, 0.25) is 17.0 Å². The molecule has 0 aliphatic rings. The highest BCUT2D eigenvalue weighted by Gasteiger charge is 2.05. The number of H-pyrrole nitrogens is 1. The second kappa shape index (κ2) is 4.85. The van der Waals surface area contributed by atoms with Crippen molar-refractivity contribution in [3.05, 3.63) is 0 Å². The van der Waals surface area contributed by atoms with E-state index in [1.54, 1.807) is 19.0 Å². The zero-order chi connectivity index (χ0) is 10.6. The zero-order valence-electron chi connectivity index (χ0n) is 8.15. The van der Waals surface area contributed by atoms with Gasteiger partial charge >= 0.3 is 0 Å². The van der Waals surface area contributed by atoms with Crippen LogP contribution in [0.15, 0.2) is 5.16 Å². The summed E-state index contributed by atoms with van der Waals surface area (Å²) in [5, 5.41) is 6.94. The third-order valence-electron chi connectivity index (χ3n) is 1.53. The molecule has 0 atom stereocenters. The van der Waals surface area contributed by atoms with E-state index in [-0.39, 0.29) is 5.91 Å². The number of nitrogen functional groups attached to an aromatic ring is 1. The average molecular weight is 215 g/mol. The molecule has 3 N–H and O–H groups in total. The van der Waals surface area contributed by atoms with Gasteiger partial charge < -0.3 is 10.6 Å². The van der Waals surface area contributed by atoms with Gasteiger partial charge in [0, 0.05) is 26.3 Å². The molecule has 0 unspecified atom stereocenters. The summed E-state index contributed by atoms with van der Waals surface area (Å²) >= 11 is 1.41. The molecule has 0 aromatic carbocycles. The van der Waals surface area contributed by atoms with Gasteiger partial charge in [-0.05, 0) is 0 Å². The first-order valence-electron chi connectivity index (χ1n) is 4.10. The lowest BCUT2D eigenvalue weighted by molar-refractivity contribution is -0.128. The van der Waals surface area contributed by atoms with E-state index in [1.165, 1.54) is 11.8 Å². The number of aromatic amines is 1. The minimum absolute atomic E-state index is 0.0982. The van der Waals surface area contributed by atoms with Gasteiger partial charge in [-0.3, -0.25) is 4.79 Å². The summed E-state index contributed by atoms with van der Waals surface area (Å²) in [6.45, 7) is 0. The summed E-state index contributed by atoms with van der Waals surface area (Å²) < 4.78 is 0. The lowest BCUT2D eigenvalue weighted by Gasteiger charge is -2.08. The number of nitrogens with one attached hydrogen (secondary N) is 1. The lowest BCUT2D eigenvalue weighted by Crippen LogP contribution is -2.21. The molecule has 78 valence electrons. The Labute approximate surface area is 86.3 Å². The van der Waals surface area contributed by atoms with Gasteiger partial charge in [0.1, 0.15) is 0 Å². The Hall–Kier alpha value is -1.24. The molecule has 1 aromatic heterocycles. The third-order valence-corrected chi connectivity index (χ3v) is 2.38. The normalized spacial score (nSPS) is 10.1. The van der Waals surface area contributed by atoms with Crippen LogP contribution in [-0.4, -0.2) is 45.8 Å². The molecule has 0 aliphatic heterocycles. The van der Waals surface area contributed by atoms with Crippen LogP contribution < -0.4 is 5.73 Å². The smallest absolute Gasteiger partial charge is 0.222 e. The molecule has 14 heavy (non-hydrogen) atoms. The van der Waals surface area contributed by atoms with E-state index >= 15 is 0 Å². The number of carbonyl (C=O) groups excluding carboxylic acids is 1. The highest BCUT2D eigenvalue weighted by atomic mass is 32.2. The number of hydrogen-bond acceptors (Lipinski definition) is 5. The predicted molar refractivity (Wildman–Crippen MR) is 54.8 cm³/mol. The van der Waals surface area contributed by atoms with Crippen molar-refractivity contribution in [3.63, 3.8) is 0 Å². The van der Waals surface area contributed by atoms with Gasteiger partial charge in [-0.25, -0.2) is 5.10 Å². The molecular weight excluding hydrogens is 202 g/mol. The molecule has 0 radical (unpaired) electrons. The van der Waals surface area contributed by atoms with E-state index in [4.69, 9.17) is 5.73 Å². The second-order valence-corrected chi connectivity index (χ2v) is 3.95. The van der Waals surface area contributed by atoms with Gasteiger partial charge in [0.25, 0.3) is 0 Å². The van der Waals surface area contributed by atoms with Crippen molar-refractivity contribution in [1.29, 1.82) is 0 Å². The fraction of sp³-hybridized carbons (Fsp3) is 0.571. The number of hydrogen-bond donors (Lipinski definition) is 2. The molecule has 0 aliphatic carbocycles. The quantitative estimate of drug-likeness (QED) is 0.688. The molecule has 7 heteroatoms. The molecule has 0 saturated heterocycles. The van der Waals surface area contributed by atoms with E-state index in [0.29, 0.717) is 23.3 Å². The number of carbonyl (C=O) groups is 1. The molecule has 1 heterocycles. The number of anilines is 1. The number of amides is 1. The highest BCUT2D eigenvalue weighted by molar-refractivity contribution is 7.99. The van der Waals surface area contributed by atoms with Crippen LogP contribution >= 0.6 is 11.8 Å². The molecule has 1 rings (SSSR count). The summed E-state index contributed by atoms with van der Waals surface area (Å²) in [6, 6.07) is 0. The monoisotopic (exact) mass is 215 g/mol. The standard InChI is InChI=1S/C7H13N5OS/c1-12(2)5(13)3-4-14-7-9-6(8)10-11-7/h3-4H2,1-2H3,(H3,8,9,10,11). The Balaban J connectivity index is 2.25. The summed E-state index contributed by atoms with van der Waals surface area (Å²) in [7, 11) is 3.47. The van der Waals surface area contributed by atoms with Gasteiger partial charge in [0.05, 0.1) is 0 Å². The van der Waals surface area contributed by atoms with Gasteiger partial charge in [-0.15, -0.1) is 5.10 Å². The maximum absolute atomic E-state index is 11.2. The van der Waals surface area contributed by atoms with Crippen LogP contribution in [0, 0.1) is 0 Å². The van der Waals surface area contributed by atoms with Crippen LogP contribution in [-0.2, 0) is 4.79 Å². The first kappa shape index (κ1) is 10.8. The maximum Gasteiger partial charge on any atom is 0.222 e. The zero-order valence-corrected chi connectivity index (χ0v) is 8.97. The summed E-state index contributed by atoms with van der Waals surface area (Å²) in [4.78, 5) is 16.6. The topological polar surface area (TPSA) is 87.9 Å². The molecule has 0 fully saturated rings. The minimum Gasteiger partial charge on any atom is -0.368 e. The number of nitrogens with two attached hydrogens (primary N) is 1. The van der Waals surface area contributed by atoms with Crippen molar-refractivity contribution >= 4 is 23.6 Å². The van der Waals surface area contributed by atoms with Crippen molar-refractivity contribution in [2.75, 3.05) is 25.6 Å². The molecule has 0 bridgehead atoms. The van der Waals surface area contributed by atoms with E-state index in [2.05, 4.69) is 15.2 Å². The fourth-order valence-corrected chi connectivity index (χ4v) is 1.51. The first-order chi connectivity index (χ1) is 6.59. The van der Waals surface area contributed by atoms with E-state index in [9.17, 15) is 4.79 Å². The molecule has 1 aromatic rings. The van der Waals surface area contributed by atoms with Crippen LogP contribution in [0.1, 0.15) is 6.42 Å². The SMILES string of the molecule is CN(C)C(=O)CCSc1n[nH]c(N)n1. The fourth-order valence-electron chi connectivity index (χ4n) is 0.776. The summed E-state index contributed by atoms with van der Waals surface area (Å²) in [5.74, 6) is 1.06. The highest BCUT2D eigenvalue weighted by Crippen LogP contribution is 2.13. The van der Waals surface area contributed by atoms with Crippen molar-refractivity contribution in [2.24, 2.45) is 0 Å². The largest absolute Gasteiger partial charge is 0.368 e. The van der Waals surface area contributed by atoms with Crippen molar-refractivity contribution in [2.45, 2.75) is 11.6 Å². The number of thioether (sulfide) groups is 1. The Kier molecular flexibility index (Phi) is 3.75. The Bertz CT molecular complexity index is 311. The number of aromatic nitrogens is 3. The van der Waals surface area contributed by atoms with E-state index < -0.39 is 0 Å². The van der Waals surface area contributed by atoms with E-state index in [0.717, 1.165) is 0 Å². The van der Waals surface area contributed by atoms with Crippen LogP contribution in [0.25, 0.3) is 0 Å². The van der Waals surface area contributed by atoms with Crippen LogP contribution in [0.2, 0.25) is 0 Å². The average Bonchev–Trinajstić information content (AvgIpc) is 2.51. The van der Waals surface area contributed by atoms with Crippen LogP contribution in [0.3, 0.4) is 0 Å². The molecular formula is C7H13N5OS. The molecule has 0 saturated carbocycles. The lowest BCUT2D eigenvalue weighted by atomic mass is 10.4. The molecule has 0 spiro atoms. The van der Waals surface area contributed by atoms with Crippen LogP contribution in [0.5, 0.6) is 0 Å². The predicted octanol–water partition coefficient (Wildman–Crippen LogP) is -0.0427. The maximum atomic E-state index is 11.2. The summed E-state index contributed by atoms with van der Waals surface area (Å²) in [5.41, 5.74) is 5.34. The summed E-state index contributed by atoms with van der Waals surface area (Å²) in [6.07, 6.45) is 0.478. The van der Waals surface area contributed by atoms with Gasteiger partial charge in [-0.2, -0.15) is 4.98 Å². The number of nitrogens with zero attached hydrogens (tertiary/aromatic N) is 3. The third kappa shape index (κ3) is 3.25. The van der Waals surface area contributed by atoms with Crippen molar-refractivity contribution < 1.29 is 4.79 Å². The molecule has 6 nitrogen and oxygen atoms in total. The number of rotatable bonds is 4. The van der Waals surface area contributed by atoms with Crippen LogP contribution in [0.4, 0.5) is 5.95 Å². The van der Waals surface area contributed by atoms with Gasteiger partial charge in [-0.1, -0.05) is 11.8 Å². The van der Waals surface area contributed by atoms with Gasteiger partial charge in [0.15, 0.2) is 0 Å². The van der Waals surface area contributed by atoms with Crippen molar-refractivity contribution in [3.8, 4) is 0 Å². The molecule has 1 amide bonds. The van der Waals surface area contributed by atoms with E-state index in [1.807, 2.05) is 0 Å².